The van der Waals surface area contributed by atoms with Gasteiger partial charge in [0.2, 0.25) is 0 Å². The number of rotatable bonds is 6. The number of carbonyl (C=O) groups is 1. The number of carbonyl (C=O) groups excluding carboxylic acids is 1. The molecule has 1 aromatic rings. The van der Waals surface area contributed by atoms with E-state index >= 15 is 0 Å². The van der Waals surface area contributed by atoms with Crippen molar-refractivity contribution in [3.05, 3.63) is 40.8 Å². The van der Waals surface area contributed by atoms with Crippen LogP contribution in [0.2, 0.25) is 0 Å². The van der Waals surface area contributed by atoms with E-state index in [1.807, 2.05) is 30.3 Å². The molecule has 0 atom stereocenters. The first-order valence-electron chi connectivity index (χ1n) is 5.68. The van der Waals surface area contributed by atoms with E-state index in [1.54, 1.807) is 13.8 Å². The number of nitrogens with one attached hydrogen (secondary N) is 1. The number of alkyl carbamates (subject to hydrolysis) is 1. The second-order valence-electron chi connectivity index (χ2n) is 4.02. The lowest BCUT2D eigenvalue weighted by Gasteiger charge is -2.16. The number of hydrogen-bond donors (Lipinski definition) is 1. The van der Waals surface area contributed by atoms with Crippen LogP contribution in [0.5, 0.6) is 0 Å². The summed E-state index contributed by atoms with van der Waals surface area (Å²) in [5, 5.41) is 6.51. The monoisotopic (exact) mass is 251 g/mol. The normalized spacial score (nSPS) is 9.94. The average Bonchev–Trinajstić information content (AvgIpc) is 2.35. The minimum Gasteiger partial charge on any atom is -0.447 e. The molecule has 1 N–H and O–H groups in total. The molecule has 0 aromatic heterocycles. The van der Waals surface area contributed by atoms with Crippen molar-refractivity contribution in [1.29, 1.82) is 0 Å². The van der Waals surface area contributed by atoms with Gasteiger partial charge in [0, 0.05) is 0 Å². The maximum atomic E-state index is 11.2. The predicted octanol–water partition coefficient (Wildman–Crippen LogP) is 2.26. The van der Waals surface area contributed by atoms with Crippen molar-refractivity contribution in [2.45, 2.75) is 26.5 Å². The Hall–Kier alpha value is -2.11. The van der Waals surface area contributed by atoms with Crippen LogP contribution in [-0.2, 0) is 11.3 Å². The molecule has 0 aliphatic rings. The lowest BCUT2D eigenvalue weighted by Crippen LogP contribution is -2.35. The Morgan fingerprint density at radius 2 is 2.06 bits per heavy atom. The highest BCUT2D eigenvalue weighted by atomic mass is 16.6. The summed E-state index contributed by atoms with van der Waals surface area (Å²) in [6.45, 7) is 3.86. The van der Waals surface area contributed by atoms with Crippen molar-refractivity contribution in [3.63, 3.8) is 0 Å². The molecule has 0 aliphatic heterocycles. The fourth-order valence-electron chi connectivity index (χ4n) is 1.32. The van der Waals surface area contributed by atoms with E-state index in [9.17, 15) is 9.70 Å². The predicted molar refractivity (Wildman–Crippen MR) is 67.4 cm³/mol. The molecule has 0 saturated carbocycles. The van der Waals surface area contributed by atoms with Gasteiger partial charge in [-0.25, -0.2) is 9.80 Å². The summed E-state index contributed by atoms with van der Waals surface area (Å²) in [6.07, 6.45) is -0.761. The highest BCUT2D eigenvalue weighted by Crippen LogP contribution is 2.03. The summed E-state index contributed by atoms with van der Waals surface area (Å²) in [5.74, 6) is 0. The Bertz CT molecular complexity index is 381. The number of ether oxygens (including phenoxy) is 1. The molecular weight excluding hydrogens is 234 g/mol. The van der Waals surface area contributed by atoms with E-state index in [1.165, 1.54) is 5.01 Å². The highest BCUT2D eigenvalue weighted by Gasteiger charge is 2.08. The zero-order chi connectivity index (χ0) is 13.4. The molecule has 1 amide bonds. The second kappa shape index (κ2) is 7.26. The summed E-state index contributed by atoms with van der Waals surface area (Å²) < 4.78 is 4.87. The molecule has 0 spiro atoms. The van der Waals surface area contributed by atoms with Gasteiger partial charge in [0.1, 0.15) is 6.67 Å². The summed E-state index contributed by atoms with van der Waals surface area (Å²) >= 11 is 0. The van der Waals surface area contributed by atoms with Crippen LogP contribution in [0.15, 0.2) is 35.6 Å². The number of hydrogen-bond acceptors (Lipinski definition) is 4. The molecule has 0 aliphatic carbocycles. The second-order valence-corrected chi connectivity index (χ2v) is 4.02. The largest absolute Gasteiger partial charge is 0.447 e. The first kappa shape index (κ1) is 14.0. The Morgan fingerprint density at radius 1 is 1.39 bits per heavy atom. The van der Waals surface area contributed by atoms with Gasteiger partial charge in [-0.2, -0.15) is 0 Å². The number of amides is 1. The summed E-state index contributed by atoms with van der Waals surface area (Å²) in [5.41, 5.74) is 0.941. The Morgan fingerprint density at radius 3 is 2.61 bits per heavy atom. The van der Waals surface area contributed by atoms with Crippen LogP contribution >= 0.6 is 0 Å². The molecule has 1 aromatic carbocycles. The number of benzene rings is 1. The molecule has 18 heavy (non-hydrogen) atoms. The molecule has 0 saturated heterocycles. The van der Waals surface area contributed by atoms with Gasteiger partial charge in [-0.15, -0.1) is 4.91 Å². The smallest absolute Gasteiger partial charge is 0.408 e. The van der Waals surface area contributed by atoms with Gasteiger partial charge >= 0.3 is 6.09 Å². The molecule has 0 heterocycles. The highest BCUT2D eigenvalue weighted by molar-refractivity contribution is 5.67. The van der Waals surface area contributed by atoms with Crippen molar-refractivity contribution in [2.24, 2.45) is 5.29 Å². The fraction of sp³-hybridized carbons (Fsp3) is 0.417. The van der Waals surface area contributed by atoms with E-state index in [0.717, 1.165) is 5.56 Å². The first-order chi connectivity index (χ1) is 8.61. The van der Waals surface area contributed by atoms with E-state index < -0.39 is 6.09 Å². The SMILES string of the molecule is CC(C)OC(=O)NCN(Cc1ccccc1)N=O. The molecule has 0 fully saturated rings. The number of nitrogens with zero attached hydrogens (tertiary/aromatic N) is 2. The van der Waals surface area contributed by atoms with E-state index in [0.29, 0.717) is 6.54 Å². The minimum absolute atomic E-state index is 0.0178. The van der Waals surface area contributed by atoms with Crippen LogP contribution < -0.4 is 5.32 Å². The third-order valence-electron chi connectivity index (χ3n) is 2.07. The standard InChI is InChI=1S/C12H17N3O3/c1-10(2)18-12(16)13-9-15(14-17)8-11-6-4-3-5-7-11/h3-7,10H,8-9H2,1-2H3,(H,13,16). The van der Waals surface area contributed by atoms with Gasteiger partial charge in [-0.05, 0) is 19.4 Å². The average molecular weight is 251 g/mol. The fourth-order valence-corrected chi connectivity index (χ4v) is 1.32. The zero-order valence-corrected chi connectivity index (χ0v) is 10.5. The van der Waals surface area contributed by atoms with Gasteiger partial charge < -0.3 is 10.1 Å². The van der Waals surface area contributed by atoms with Gasteiger partial charge in [0.05, 0.1) is 17.9 Å². The molecular formula is C12H17N3O3. The number of nitroso groups, excluding NO2 is 1. The molecule has 0 radical (unpaired) electrons. The molecule has 98 valence electrons. The molecule has 1 rings (SSSR count). The maximum absolute atomic E-state index is 11.2. The third kappa shape index (κ3) is 5.29. The topological polar surface area (TPSA) is 71.0 Å². The summed E-state index contributed by atoms with van der Waals surface area (Å²) in [6, 6.07) is 9.40. The van der Waals surface area contributed by atoms with Gasteiger partial charge in [-0.1, -0.05) is 30.3 Å². The van der Waals surface area contributed by atoms with Crippen molar-refractivity contribution < 1.29 is 9.53 Å². The molecule has 0 bridgehead atoms. The van der Waals surface area contributed by atoms with Gasteiger partial charge in [0.15, 0.2) is 0 Å². The molecule has 6 heteroatoms. The van der Waals surface area contributed by atoms with Crippen LogP contribution in [-0.4, -0.2) is 23.9 Å². The summed E-state index contributed by atoms with van der Waals surface area (Å²) in [4.78, 5) is 21.9. The first-order valence-corrected chi connectivity index (χ1v) is 5.68. The van der Waals surface area contributed by atoms with Crippen LogP contribution in [0, 0.1) is 4.91 Å². The van der Waals surface area contributed by atoms with E-state index in [2.05, 4.69) is 10.6 Å². The Labute approximate surface area is 106 Å². The minimum atomic E-state index is -0.563. The quantitative estimate of drug-likeness (QED) is 0.478. The zero-order valence-electron chi connectivity index (χ0n) is 10.5. The summed E-state index contributed by atoms with van der Waals surface area (Å²) in [7, 11) is 0. The lowest BCUT2D eigenvalue weighted by molar-refractivity contribution is 0.108. The van der Waals surface area contributed by atoms with Crippen LogP contribution in [0.4, 0.5) is 4.79 Å². The van der Waals surface area contributed by atoms with Gasteiger partial charge in [-0.3, -0.25) is 0 Å². The van der Waals surface area contributed by atoms with Gasteiger partial charge in [0.25, 0.3) is 0 Å². The van der Waals surface area contributed by atoms with Crippen molar-refractivity contribution >= 4 is 6.09 Å². The Kier molecular flexibility index (Phi) is 5.63. The van der Waals surface area contributed by atoms with Crippen LogP contribution in [0.1, 0.15) is 19.4 Å². The van der Waals surface area contributed by atoms with Crippen LogP contribution in [0.3, 0.4) is 0 Å². The molecule has 6 nitrogen and oxygen atoms in total. The van der Waals surface area contributed by atoms with Crippen molar-refractivity contribution in [3.8, 4) is 0 Å². The maximum Gasteiger partial charge on any atom is 0.408 e. The van der Waals surface area contributed by atoms with Crippen molar-refractivity contribution in [2.75, 3.05) is 6.67 Å². The van der Waals surface area contributed by atoms with Crippen LogP contribution in [0.25, 0.3) is 0 Å². The van der Waals surface area contributed by atoms with E-state index in [4.69, 9.17) is 4.74 Å². The van der Waals surface area contributed by atoms with Crippen molar-refractivity contribution in [1.82, 2.24) is 10.3 Å². The van der Waals surface area contributed by atoms with E-state index in [-0.39, 0.29) is 12.8 Å². The lowest BCUT2D eigenvalue weighted by atomic mass is 10.2. The Balaban J connectivity index is 2.39. The third-order valence-corrected chi connectivity index (χ3v) is 2.07. The molecule has 0 unspecified atom stereocenters.